The summed E-state index contributed by atoms with van der Waals surface area (Å²) in [6, 6.07) is 18.2. The Bertz CT molecular complexity index is 1100. The van der Waals surface area contributed by atoms with Gasteiger partial charge in [-0.25, -0.2) is 17.6 Å². The van der Waals surface area contributed by atoms with Crippen LogP contribution in [0, 0.1) is 5.82 Å². The van der Waals surface area contributed by atoms with Gasteiger partial charge in [0.2, 0.25) is 0 Å². The Labute approximate surface area is 162 Å². The lowest BCUT2D eigenvalue weighted by molar-refractivity contribution is 0.0695. The number of hydrogen-bond acceptors (Lipinski definition) is 3. The van der Waals surface area contributed by atoms with E-state index in [0.717, 1.165) is 17.7 Å². The molecule has 2 N–H and O–H groups in total. The molecule has 0 saturated heterocycles. The normalized spacial score (nSPS) is 11.2. The lowest BCUT2D eigenvalue weighted by Crippen LogP contribution is -2.14. The quantitative estimate of drug-likeness (QED) is 0.626. The Morgan fingerprint density at radius 2 is 1.43 bits per heavy atom. The van der Waals surface area contributed by atoms with E-state index >= 15 is 0 Å². The monoisotopic (exact) mass is 399 g/mol. The lowest BCUT2D eigenvalue weighted by Gasteiger charge is -2.13. The molecule has 0 atom stereocenters. The van der Waals surface area contributed by atoms with E-state index in [1.807, 2.05) is 0 Å². The molecular formula is C21H18FNO4S. The third-order valence-electron chi connectivity index (χ3n) is 4.30. The molecule has 0 saturated carbocycles. The Kier molecular flexibility index (Phi) is 5.75. The Hall–Kier alpha value is -3.19. The molecule has 0 aliphatic carbocycles. The van der Waals surface area contributed by atoms with E-state index in [1.165, 1.54) is 12.1 Å². The van der Waals surface area contributed by atoms with Crippen molar-refractivity contribution in [3.8, 4) is 0 Å². The second kappa shape index (κ2) is 8.22. The number of nitrogens with one attached hydrogen (secondary N) is 1. The van der Waals surface area contributed by atoms with Crippen molar-refractivity contribution in [3.63, 3.8) is 0 Å². The number of sulfonamides is 1. The summed E-state index contributed by atoms with van der Waals surface area (Å²) in [6.07, 6.45) is 0.893. The summed E-state index contributed by atoms with van der Waals surface area (Å²) in [5.41, 5.74) is 2.03. The van der Waals surface area contributed by atoms with Crippen LogP contribution in [0.15, 0.2) is 77.7 Å². The number of halogens is 1. The fraction of sp³-hybridized carbons (Fsp3) is 0.0952. The van der Waals surface area contributed by atoms with Crippen LogP contribution < -0.4 is 4.72 Å². The summed E-state index contributed by atoms with van der Waals surface area (Å²) in [5.74, 6) is -1.52. The molecule has 0 aliphatic heterocycles. The van der Waals surface area contributed by atoms with Gasteiger partial charge in [-0.2, -0.15) is 0 Å². The summed E-state index contributed by atoms with van der Waals surface area (Å²) in [5, 5.41) is 9.30. The maximum absolute atomic E-state index is 13.1. The average molecular weight is 399 g/mol. The minimum Gasteiger partial charge on any atom is -0.478 e. The largest absolute Gasteiger partial charge is 0.478 e. The molecule has 3 aromatic rings. The fourth-order valence-corrected chi connectivity index (χ4v) is 3.97. The van der Waals surface area contributed by atoms with Gasteiger partial charge in [0.05, 0.1) is 16.1 Å². The zero-order valence-electron chi connectivity index (χ0n) is 14.8. The first-order valence-corrected chi connectivity index (χ1v) is 10.0. The first-order chi connectivity index (χ1) is 13.4. The highest BCUT2D eigenvalue weighted by molar-refractivity contribution is 7.92. The van der Waals surface area contributed by atoms with Crippen LogP contribution in [0.2, 0.25) is 0 Å². The predicted octanol–water partition coefficient (Wildman–Crippen LogP) is 4.11. The first kappa shape index (κ1) is 19.6. The van der Waals surface area contributed by atoms with Crippen molar-refractivity contribution in [1.82, 2.24) is 0 Å². The van der Waals surface area contributed by atoms with Gasteiger partial charge in [-0.1, -0.05) is 36.4 Å². The standard InChI is InChI=1S/C21H18FNO4S/c22-17-11-13-18(14-12-17)28(26,27)23-20-8-4-2-6-16(20)10-9-15-5-1-3-7-19(15)21(24)25/h1-8,11-14,23H,9-10H2,(H,24,25). The van der Waals surface area contributed by atoms with Crippen molar-refractivity contribution < 1.29 is 22.7 Å². The SMILES string of the molecule is O=C(O)c1ccccc1CCc1ccccc1NS(=O)(=O)c1ccc(F)cc1. The van der Waals surface area contributed by atoms with Gasteiger partial charge in [0.25, 0.3) is 10.0 Å². The minimum atomic E-state index is -3.87. The van der Waals surface area contributed by atoms with Gasteiger partial charge < -0.3 is 5.11 Å². The Morgan fingerprint density at radius 1 is 0.857 bits per heavy atom. The van der Waals surface area contributed by atoms with Crippen molar-refractivity contribution in [2.45, 2.75) is 17.7 Å². The summed E-state index contributed by atoms with van der Waals surface area (Å²) >= 11 is 0. The van der Waals surface area contributed by atoms with E-state index in [1.54, 1.807) is 48.5 Å². The summed E-state index contributed by atoms with van der Waals surface area (Å²) in [6.45, 7) is 0. The van der Waals surface area contributed by atoms with Crippen LogP contribution in [0.4, 0.5) is 10.1 Å². The number of para-hydroxylation sites is 1. The number of carboxylic acids is 1. The van der Waals surface area contributed by atoms with Crippen LogP contribution in [-0.2, 0) is 22.9 Å². The summed E-state index contributed by atoms with van der Waals surface area (Å²) < 4.78 is 40.7. The lowest BCUT2D eigenvalue weighted by atomic mass is 9.99. The molecule has 7 heteroatoms. The molecule has 0 spiro atoms. The number of carboxylic acid groups (broad SMARTS) is 1. The zero-order valence-corrected chi connectivity index (χ0v) is 15.6. The maximum Gasteiger partial charge on any atom is 0.335 e. The highest BCUT2D eigenvalue weighted by atomic mass is 32.2. The van der Waals surface area contributed by atoms with Gasteiger partial charge in [0.15, 0.2) is 0 Å². The van der Waals surface area contributed by atoms with Crippen LogP contribution in [0.25, 0.3) is 0 Å². The average Bonchev–Trinajstić information content (AvgIpc) is 2.67. The van der Waals surface area contributed by atoms with E-state index in [4.69, 9.17) is 0 Å². The predicted molar refractivity (Wildman–Crippen MR) is 104 cm³/mol. The molecule has 0 bridgehead atoms. The van der Waals surface area contributed by atoms with Crippen LogP contribution in [-0.4, -0.2) is 19.5 Å². The molecule has 0 heterocycles. The molecule has 0 amide bonds. The number of rotatable bonds is 7. The second-order valence-electron chi connectivity index (χ2n) is 6.18. The molecule has 28 heavy (non-hydrogen) atoms. The smallest absolute Gasteiger partial charge is 0.335 e. The van der Waals surface area contributed by atoms with Gasteiger partial charge in [0, 0.05) is 0 Å². The molecule has 0 aliphatic rings. The maximum atomic E-state index is 13.1. The highest BCUT2D eigenvalue weighted by Gasteiger charge is 2.16. The van der Waals surface area contributed by atoms with Crippen molar-refractivity contribution >= 4 is 21.7 Å². The highest BCUT2D eigenvalue weighted by Crippen LogP contribution is 2.22. The van der Waals surface area contributed by atoms with E-state index in [9.17, 15) is 22.7 Å². The molecule has 5 nitrogen and oxygen atoms in total. The third-order valence-corrected chi connectivity index (χ3v) is 5.68. The number of hydrogen-bond donors (Lipinski definition) is 2. The van der Waals surface area contributed by atoms with E-state index in [-0.39, 0.29) is 10.5 Å². The Morgan fingerprint density at radius 3 is 2.11 bits per heavy atom. The molecule has 0 radical (unpaired) electrons. The summed E-state index contributed by atoms with van der Waals surface area (Å²) in [4.78, 5) is 11.3. The van der Waals surface area contributed by atoms with Crippen LogP contribution in [0.1, 0.15) is 21.5 Å². The second-order valence-corrected chi connectivity index (χ2v) is 7.86. The molecule has 0 fully saturated rings. The number of aromatic carboxylic acids is 1. The topological polar surface area (TPSA) is 83.5 Å². The van der Waals surface area contributed by atoms with E-state index in [0.29, 0.717) is 24.1 Å². The number of benzene rings is 3. The first-order valence-electron chi connectivity index (χ1n) is 8.54. The van der Waals surface area contributed by atoms with Crippen molar-refractivity contribution in [3.05, 3.63) is 95.3 Å². The molecule has 0 aromatic heterocycles. The van der Waals surface area contributed by atoms with Crippen LogP contribution >= 0.6 is 0 Å². The summed E-state index contributed by atoms with van der Waals surface area (Å²) in [7, 11) is -3.87. The van der Waals surface area contributed by atoms with Gasteiger partial charge in [-0.05, 0) is 60.4 Å². The van der Waals surface area contributed by atoms with Crippen molar-refractivity contribution in [2.24, 2.45) is 0 Å². The molecule has 0 unspecified atom stereocenters. The third kappa shape index (κ3) is 4.55. The molecule has 3 aromatic carbocycles. The fourth-order valence-electron chi connectivity index (χ4n) is 2.87. The molecular weight excluding hydrogens is 381 g/mol. The van der Waals surface area contributed by atoms with Gasteiger partial charge in [-0.3, -0.25) is 4.72 Å². The van der Waals surface area contributed by atoms with Gasteiger partial charge in [0.1, 0.15) is 5.82 Å². The van der Waals surface area contributed by atoms with Crippen LogP contribution in [0.3, 0.4) is 0 Å². The van der Waals surface area contributed by atoms with Crippen molar-refractivity contribution in [1.29, 1.82) is 0 Å². The van der Waals surface area contributed by atoms with E-state index < -0.39 is 21.8 Å². The number of aryl methyl sites for hydroxylation is 2. The Balaban J connectivity index is 1.82. The number of anilines is 1. The zero-order chi connectivity index (χ0) is 20.1. The molecule has 3 rings (SSSR count). The van der Waals surface area contributed by atoms with E-state index in [2.05, 4.69) is 4.72 Å². The van der Waals surface area contributed by atoms with Gasteiger partial charge in [-0.15, -0.1) is 0 Å². The van der Waals surface area contributed by atoms with Gasteiger partial charge >= 0.3 is 5.97 Å². The number of carbonyl (C=O) groups is 1. The molecule has 144 valence electrons. The van der Waals surface area contributed by atoms with Crippen LogP contribution in [0.5, 0.6) is 0 Å². The van der Waals surface area contributed by atoms with Crippen molar-refractivity contribution in [2.75, 3.05) is 4.72 Å². The minimum absolute atomic E-state index is 0.0417.